The molecule has 0 fully saturated rings. The molecule has 0 unspecified atom stereocenters. The Hall–Kier alpha value is -1.04. The van der Waals surface area contributed by atoms with E-state index in [2.05, 4.69) is 41.0 Å². The number of hydrogen-bond acceptors (Lipinski definition) is 6. The predicted molar refractivity (Wildman–Crippen MR) is 80.0 cm³/mol. The molecule has 0 aliphatic heterocycles. The minimum Gasteiger partial charge on any atom is -0.463 e. The second kappa shape index (κ2) is 8.96. The van der Waals surface area contributed by atoms with E-state index in [0.717, 1.165) is 30.3 Å². The zero-order valence-corrected chi connectivity index (χ0v) is 13.1. The lowest BCUT2D eigenvalue weighted by atomic mass is 10.2. The fraction of sp³-hybridized carbons (Fsp3) is 0.769. The third-order valence-corrected chi connectivity index (χ3v) is 3.17. The van der Waals surface area contributed by atoms with Crippen molar-refractivity contribution < 1.29 is 4.74 Å². The van der Waals surface area contributed by atoms with Crippen LogP contribution in [0, 0.1) is 5.92 Å². The Kier molecular flexibility index (Phi) is 7.55. The van der Waals surface area contributed by atoms with E-state index in [1.165, 1.54) is 0 Å². The van der Waals surface area contributed by atoms with Crippen LogP contribution >= 0.6 is 11.8 Å². The summed E-state index contributed by atoms with van der Waals surface area (Å²) in [6.45, 7) is 9.92. The van der Waals surface area contributed by atoms with Gasteiger partial charge in [-0.15, -0.1) is 0 Å². The third-order valence-electron chi connectivity index (χ3n) is 2.29. The molecule has 0 aromatic carbocycles. The topological polar surface area (TPSA) is 59.9 Å². The van der Waals surface area contributed by atoms with E-state index in [4.69, 9.17) is 4.74 Å². The van der Waals surface area contributed by atoms with Gasteiger partial charge in [0.05, 0.1) is 6.61 Å². The van der Waals surface area contributed by atoms with Crippen molar-refractivity contribution in [2.75, 3.05) is 24.2 Å². The standard InChI is InChI=1S/C13H24N4OS/c1-5-8-18-12-15-11(14-6-2)16-13(17-12)19-9-7-10(3)4/h10H,5-9H2,1-4H3,(H,14,15,16,17). The number of thioether (sulfide) groups is 1. The van der Waals surface area contributed by atoms with Gasteiger partial charge in [0.25, 0.3) is 0 Å². The van der Waals surface area contributed by atoms with Crippen molar-refractivity contribution in [2.45, 2.75) is 45.7 Å². The maximum Gasteiger partial charge on any atom is 0.322 e. The Balaban J connectivity index is 2.68. The number of ether oxygens (including phenoxy) is 1. The quantitative estimate of drug-likeness (QED) is 0.703. The molecule has 1 N–H and O–H groups in total. The first-order valence-corrected chi connectivity index (χ1v) is 7.89. The first-order valence-electron chi connectivity index (χ1n) is 6.91. The summed E-state index contributed by atoms with van der Waals surface area (Å²) >= 11 is 1.65. The molecule has 108 valence electrons. The molecule has 0 spiro atoms. The minimum absolute atomic E-state index is 0.417. The van der Waals surface area contributed by atoms with Crippen LogP contribution in [0.2, 0.25) is 0 Å². The maximum atomic E-state index is 5.49. The van der Waals surface area contributed by atoms with Gasteiger partial charge in [-0.25, -0.2) is 0 Å². The van der Waals surface area contributed by atoms with Crippen LogP contribution in [-0.2, 0) is 0 Å². The molecule has 0 amide bonds. The molecule has 6 heteroatoms. The number of rotatable bonds is 9. The van der Waals surface area contributed by atoms with Crippen LogP contribution in [0.15, 0.2) is 5.16 Å². The van der Waals surface area contributed by atoms with Crippen LogP contribution in [0.25, 0.3) is 0 Å². The second-order valence-electron chi connectivity index (χ2n) is 4.63. The molecule has 5 nitrogen and oxygen atoms in total. The van der Waals surface area contributed by atoms with Crippen LogP contribution in [0.4, 0.5) is 5.95 Å². The smallest absolute Gasteiger partial charge is 0.322 e. The van der Waals surface area contributed by atoms with E-state index in [9.17, 15) is 0 Å². The second-order valence-corrected chi connectivity index (χ2v) is 5.70. The van der Waals surface area contributed by atoms with Crippen LogP contribution in [-0.4, -0.2) is 33.9 Å². The largest absolute Gasteiger partial charge is 0.463 e. The fourth-order valence-corrected chi connectivity index (χ4v) is 2.35. The van der Waals surface area contributed by atoms with Gasteiger partial charge < -0.3 is 10.1 Å². The van der Waals surface area contributed by atoms with Crippen LogP contribution in [0.5, 0.6) is 6.01 Å². The van der Waals surface area contributed by atoms with Gasteiger partial charge in [0, 0.05) is 12.3 Å². The average molecular weight is 284 g/mol. The van der Waals surface area contributed by atoms with E-state index >= 15 is 0 Å². The molecular formula is C13H24N4OS. The summed E-state index contributed by atoms with van der Waals surface area (Å²) in [5.74, 6) is 2.30. The zero-order valence-electron chi connectivity index (χ0n) is 12.3. The normalized spacial score (nSPS) is 10.8. The lowest BCUT2D eigenvalue weighted by Crippen LogP contribution is -2.08. The fourth-order valence-electron chi connectivity index (χ4n) is 1.28. The van der Waals surface area contributed by atoms with E-state index in [0.29, 0.717) is 24.5 Å². The number of hydrogen-bond donors (Lipinski definition) is 1. The molecule has 0 bridgehead atoms. The number of anilines is 1. The summed E-state index contributed by atoms with van der Waals surface area (Å²) in [5, 5.41) is 3.84. The number of aromatic nitrogens is 3. The zero-order chi connectivity index (χ0) is 14.1. The highest BCUT2D eigenvalue weighted by atomic mass is 32.2. The van der Waals surface area contributed by atoms with E-state index in [1.54, 1.807) is 11.8 Å². The molecule has 19 heavy (non-hydrogen) atoms. The van der Waals surface area contributed by atoms with E-state index < -0.39 is 0 Å². The molecule has 1 aromatic heterocycles. The average Bonchev–Trinajstić information content (AvgIpc) is 2.36. The number of nitrogens with one attached hydrogen (secondary N) is 1. The first-order chi connectivity index (χ1) is 9.15. The van der Waals surface area contributed by atoms with Gasteiger partial charge in [-0.1, -0.05) is 32.5 Å². The predicted octanol–water partition coefficient (Wildman–Crippen LogP) is 3.23. The maximum absolute atomic E-state index is 5.49. The molecule has 0 radical (unpaired) electrons. The monoisotopic (exact) mass is 284 g/mol. The Morgan fingerprint density at radius 1 is 1.21 bits per heavy atom. The third kappa shape index (κ3) is 6.61. The van der Waals surface area contributed by atoms with Crippen molar-refractivity contribution in [2.24, 2.45) is 5.92 Å². The molecule has 0 saturated heterocycles. The summed E-state index contributed by atoms with van der Waals surface area (Å²) in [5.41, 5.74) is 0. The van der Waals surface area contributed by atoms with Crippen molar-refractivity contribution in [1.82, 2.24) is 15.0 Å². The molecule has 1 aromatic rings. The highest BCUT2D eigenvalue weighted by Gasteiger charge is 2.08. The lowest BCUT2D eigenvalue weighted by Gasteiger charge is -2.08. The van der Waals surface area contributed by atoms with Gasteiger partial charge in [-0.05, 0) is 25.7 Å². The Labute approximate surface area is 120 Å². The number of nitrogens with zero attached hydrogens (tertiary/aromatic N) is 3. The highest BCUT2D eigenvalue weighted by Crippen LogP contribution is 2.20. The molecule has 1 rings (SSSR count). The Bertz CT molecular complexity index is 374. The summed E-state index contributed by atoms with van der Waals surface area (Å²) in [6, 6.07) is 0.417. The summed E-state index contributed by atoms with van der Waals surface area (Å²) in [7, 11) is 0. The molecule has 0 aliphatic rings. The van der Waals surface area contributed by atoms with Gasteiger partial charge in [-0.3, -0.25) is 0 Å². The molecule has 1 heterocycles. The van der Waals surface area contributed by atoms with Gasteiger partial charge in [-0.2, -0.15) is 15.0 Å². The van der Waals surface area contributed by atoms with Crippen molar-refractivity contribution >= 4 is 17.7 Å². The first kappa shape index (κ1) is 16.0. The molecular weight excluding hydrogens is 260 g/mol. The van der Waals surface area contributed by atoms with Crippen molar-refractivity contribution in [3.63, 3.8) is 0 Å². The molecule has 0 aliphatic carbocycles. The van der Waals surface area contributed by atoms with Crippen molar-refractivity contribution in [1.29, 1.82) is 0 Å². The summed E-state index contributed by atoms with van der Waals surface area (Å²) in [4.78, 5) is 12.9. The van der Waals surface area contributed by atoms with Crippen LogP contribution in [0.3, 0.4) is 0 Å². The van der Waals surface area contributed by atoms with Gasteiger partial charge in [0.2, 0.25) is 5.95 Å². The van der Waals surface area contributed by atoms with Gasteiger partial charge in [0.1, 0.15) is 0 Å². The van der Waals surface area contributed by atoms with Crippen LogP contribution < -0.4 is 10.1 Å². The van der Waals surface area contributed by atoms with Crippen molar-refractivity contribution in [3.05, 3.63) is 0 Å². The lowest BCUT2D eigenvalue weighted by molar-refractivity contribution is 0.288. The summed E-state index contributed by atoms with van der Waals surface area (Å²) < 4.78 is 5.49. The molecule has 0 atom stereocenters. The Morgan fingerprint density at radius 3 is 2.63 bits per heavy atom. The van der Waals surface area contributed by atoms with E-state index in [1.807, 2.05) is 6.92 Å². The minimum atomic E-state index is 0.417. The van der Waals surface area contributed by atoms with Gasteiger partial charge in [0.15, 0.2) is 5.16 Å². The summed E-state index contributed by atoms with van der Waals surface area (Å²) in [6.07, 6.45) is 2.09. The van der Waals surface area contributed by atoms with E-state index in [-0.39, 0.29) is 0 Å². The SMILES string of the molecule is CCCOc1nc(NCC)nc(SCCC(C)C)n1. The van der Waals surface area contributed by atoms with Crippen LogP contribution in [0.1, 0.15) is 40.5 Å². The van der Waals surface area contributed by atoms with Crippen molar-refractivity contribution in [3.8, 4) is 6.01 Å². The molecule has 0 saturated carbocycles. The highest BCUT2D eigenvalue weighted by molar-refractivity contribution is 7.99. The van der Waals surface area contributed by atoms with Gasteiger partial charge >= 0.3 is 6.01 Å². The Morgan fingerprint density at radius 2 is 2.00 bits per heavy atom.